The first kappa shape index (κ1) is 32.1. The zero-order valence-electron chi connectivity index (χ0n) is 24.1. The third-order valence-corrected chi connectivity index (χ3v) is 6.77. The van der Waals surface area contributed by atoms with Gasteiger partial charge in [0, 0.05) is 12.1 Å². The number of aromatic hydroxyl groups is 1. The molecule has 0 amide bonds. The van der Waals surface area contributed by atoms with Gasteiger partial charge in [0.2, 0.25) is 0 Å². The van der Waals surface area contributed by atoms with Gasteiger partial charge >= 0.3 is 11.9 Å². The van der Waals surface area contributed by atoms with Crippen molar-refractivity contribution >= 4 is 17.6 Å². The largest absolute Gasteiger partial charge is 0.507 e. The lowest BCUT2D eigenvalue weighted by atomic mass is 10.1. The number of rotatable bonds is 18. The summed E-state index contributed by atoms with van der Waals surface area (Å²) in [6.45, 7) is 2.70. The molecule has 0 heterocycles. The van der Waals surface area contributed by atoms with Gasteiger partial charge in [-0.25, -0.2) is 9.59 Å². The van der Waals surface area contributed by atoms with Crippen LogP contribution in [-0.2, 0) is 11.3 Å². The lowest BCUT2D eigenvalue weighted by molar-refractivity contribution is -0.384. The average molecular weight is 578 g/mol. The highest BCUT2D eigenvalue weighted by Gasteiger charge is 2.17. The van der Waals surface area contributed by atoms with E-state index in [2.05, 4.69) is 6.92 Å². The Hall–Kier alpha value is -4.40. The lowest BCUT2D eigenvalue weighted by Crippen LogP contribution is -2.10. The number of benzene rings is 3. The number of nitro benzene ring substituents is 1. The number of nitro groups is 1. The summed E-state index contributed by atoms with van der Waals surface area (Å²) in [6.07, 6.45) is 12.6. The standard InChI is InChI=1S/C33H39NO8/c1-2-3-4-5-6-7-8-9-10-11-22-40-28-18-14-26(15-19-28)32(36)42-29-20-21-31(35)30(23-29)33(37)41-24-25-12-16-27(17-13-25)34(38)39/h12-21,23,35H,2-11,22,24H2,1H3. The molecule has 9 nitrogen and oxygen atoms in total. The second-order valence-corrected chi connectivity index (χ2v) is 10.1. The molecule has 0 radical (unpaired) electrons. The van der Waals surface area contributed by atoms with Crippen LogP contribution in [0.15, 0.2) is 66.7 Å². The van der Waals surface area contributed by atoms with Crippen molar-refractivity contribution in [3.05, 3.63) is 93.5 Å². The maximum absolute atomic E-state index is 12.6. The monoisotopic (exact) mass is 577 g/mol. The minimum atomic E-state index is -0.840. The number of phenolic OH excluding ortho intramolecular Hbond substituents is 1. The number of non-ortho nitro benzene ring substituents is 1. The van der Waals surface area contributed by atoms with E-state index in [1.165, 1.54) is 93.8 Å². The summed E-state index contributed by atoms with van der Waals surface area (Å²) in [5.74, 6) is -1.08. The van der Waals surface area contributed by atoms with Crippen LogP contribution in [0.4, 0.5) is 5.69 Å². The van der Waals surface area contributed by atoms with Gasteiger partial charge in [0.25, 0.3) is 5.69 Å². The SMILES string of the molecule is CCCCCCCCCCCCOc1ccc(C(=O)Oc2ccc(O)c(C(=O)OCc3ccc([N+](=O)[O-])cc3)c2)cc1. The summed E-state index contributed by atoms with van der Waals surface area (Å²) in [6, 6.07) is 16.0. The van der Waals surface area contributed by atoms with Crippen LogP contribution < -0.4 is 9.47 Å². The summed E-state index contributed by atoms with van der Waals surface area (Å²) < 4.78 is 16.4. The molecule has 0 aliphatic rings. The molecule has 3 aromatic carbocycles. The summed E-state index contributed by atoms with van der Waals surface area (Å²) in [5, 5.41) is 20.9. The molecule has 0 aliphatic carbocycles. The van der Waals surface area contributed by atoms with Crippen LogP contribution in [0.3, 0.4) is 0 Å². The van der Waals surface area contributed by atoms with Gasteiger partial charge in [-0.1, -0.05) is 64.7 Å². The first-order valence-electron chi connectivity index (χ1n) is 14.6. The number of hydrogen-bond donors (Lipinski definition) is 1. The topological polar surface area (TPSA) is 125 Å². The molecule has 0 saturated heterocycles. The van der Waals surface area contributed by atoms with Gasteiger partial charge in [-0.2, -0.15) is 0 Å². The molecular weight excluding hydrogens is 538 g/mol. The lowest BCUT2D eigenvalue weighted by Gasteiger charge is -2.10. The van der Waals surface area contributed by atoms with Crippen molar-refractivity contribution in [2.24, 2.45) is 0 Å². The summed E-state index contributed by atoms with van der Waals surface area (Å²) in [4.78, 5) is 35.4. The number of hydrogen-bond acceptors (Lipinski definition) is 8. The fourth-order valence-electron chi connectivity index (χ4n) is 4.32. The predicted molar refractivity (Wildman–Crippen MR) is 159 cm³/mol. The summed E-state index contributed by atoms with van der Waals surface area (Å²) in [5.41, 5.74) is 0.574. The first-order chi connectivity index (χ1) is 20.4. The molecule has 224 valence electrons. The molecule has 9 heteroatoms. The highest BCUT2D eigenvalue weighted by atomic mass is 16.6. The van der Waals surface area contributed by atoms with Crippen molar-refractivity contribution in [2.45, 2.75) is 77.7 Å². The molecule has 0 aromatic heterocycles. The molecule has 0 saturated carbocycles. The van der Waals surface area contributed by atoms with Crippen LogP contribution in [-0.4, -0.2) is 28.6 Å². The third kappa shape index (κ3) is 10.9. The van der Waals surface area contributed by atoms with E-state index >= 15 is 0 Å². The number of unbranched alkanes of at least 4 members (excludes halogenated alkanes) is 9. The van der Waals surface area contributed by atoms with Crippen molar-refractivity contribution in [1.82, 2.24) is 0 Å². The minimum absolute atomic E-state index is 0.0568. The van der Waals surface area contributed by atoms with E-state index in [0.717, 1.165) is 12.8 Å². The zero-order chi connectivity index (χ0) is 30.2. The van der Waals surface area contributed by atoms with Gasteiger partial charge in [0.1, 0.15) is 29.4 Å². The highest BCUT2D eigenvalue weighted by Crippen LogP contribution is 2.25. The van der Waals surface area contributed by atoms with Gasteiger partial charge in [-0.15, -0.1) is 0 Å². The van der Waals surface area contributed by atoms with Crippen LogP contribution in [0.25, 0.3) is 0 Å². The number of ether oxygens (including phenoxy) is 3. The van der Waals surface area contributed by atoms with E-state index < -0.39 is 16.9 Å². The molecule has 3 aromatic rings. The Morgan fingerprint density at radius 2 is 1.36 bits per heavy atom. The summed E-state index contributed by atoms with van der Waals surface area (Å²) >= 11 is 0. The number of esters is 2. The van der Waals surface area contributed by atoms with E-state index in [4.69, 9.17) is 14.2 Å². The van der Waals surface area contributed by atoms with Crippen molar-refractivity contribution in [2.75, 3.05) is 6.61 Å². The van der Waals surface area contributed by atoms with Gasteiger partial charge in [0.15, 0.2) is 0 Å². The molecule has 0 fully saturated rings. The van der Waals surface area contributed by atoms with Crippen molar-refractivity contribution in [3.63, 3.8) is 0 Å². The molecule has 0 spiro atoms. The van der Waals surface area contributed by atoms with Gasteiger partial charge in [-0.3, -0.25) is 10.1 Å². The Morgan fingerprint density at radius 1 is 0.762 bits per heavy atom. The fourth-order valence-corrected chi connectivity index (χ4v) is 4.32. The summed E-state index contributed by atoms with van der Waals surface area (Å²) in [7, 11) is 0. The van der Waals surface area contributed by atoms with E-state index in [1.54, 1.807) is 24.3 Å². The normalized spacial score (nSPS) is 10.7. The fraction of sp³-hybridized carbons (Fsp3) is 0.394. The molecule has 0 aliphatic heterocycles. The number of carbonyl (C=O) groups excluding carboxylic acids is 2. The Bertz CT molecular complexity index is 1290. The maximum Gasteiger partial charge on any atom is 0.343 e. The molecule has 0 atom stereocenters. The molecule has 1 N–H and O–H groups in total. The maximum atomic E-state index is 12.6. The number of phenols is 1. The van der Waals surface area contributed by atoms with Crippen LogP contribution >= 0.6 is 0 Å². The molecule has 3 rings (SSSR count). The highest BCUT2D eigenvalue weighted by molar-refractivity contribution is 5.94. The van der Waals surface area contributed by atoms with Gasteiger partial charge < -0.3 is 19.3 Å². The van der Waals surface area contributed by atoms with E-state index in [1.807, 2.05) is 0 Å². The average Bonchev–Trinajstić information content (AvgIpc) is 3.00. The molecule has 42 heavy (non-hydrogen) atoms. The smallest absolute Gasteiger partial charge is 0.343 e. The Balaban J connectivity index is 1.41. The van der Waals surface area contributed by atoms with Gasteiger partial charge in [-0.05, 0) is 66.6 Å². The van der Waals surface area contributed by atoms with Crippen LogP contribution in [0.1, 0.15) is 97.4 Å². The molecule has 0 unspecified atom stereocenters. The van der Waals surface area contributed by atoms with Crippen LogP contribution in [0.2, 0.25) is 0 Å². The van der Waals surface area contributed by atoms with E-state index in [0.29, 0.717) is 23.5 Å². The second-order valence-electron chi connectivity index (χ2n) is 10.1. The van der Waals surface area contributed by atoms with Crippen LogP contribution in [0.5, 0.6) is 17.2 Å². The molecule has 0 bridgehead atoms. The zero-order valence-corrected chi connectivity index (χ0v) is 24.1. The van der Waals surface area contributed by atoms with Crippen molar-refractivity contribution in [1.29, 1.82) is 0 Å². The minimum Gasteiger partial charge on any atom is -0.507 e. The van der Waals surface area contributed by atoms with Gasteiger partial charge in [0.05, 0.1) is 17.1 Å². The second kappa shape index (κ2) is 17.4. The first-order valence-corrected chi connectivity index (χ1v) is 14.6. The number of carbonyl (C=O) groups is 2. The molecular formula is C33H39NO8. The predicted octanol–water partition coefficient (Wildman–Crippen LogP) is 8.18. The number of nitrogens with zero attached hydrogens (tertiary/aromatic N) is 1. The quantitative estimate of drug-likeness (QED) is 0.0527. The Morgan fingerprint density at radius 3 is 1.98 bits per heavy atom. The third-order valence-electron chi connectivity index (χ3n) is 6.77. The van der Waals surface area contributed by atoms with E-state index in [-0.39, 0.29) is 29.4 Å². The Kier molecular flexibility index (Phi) is 13.3. The van der Waals surface area contributed by atoms with Crippen molar-refractivity contribution in [3.8, 4) is 17.2 Å². The van der Waals surface area contributed by atoms with E-state index in [9.17, 15) is 24.8 Å². The Labute approximate surface area is 246 Å². The van der Waals surface area contributed by atoms with Crippen LogP contribution in [0, 0.1) is 10.1 Å². The van der Waals surface area contributed by atoms with Crippen molar-refractivity contribution < 1.29 is 33.8 Å².